The van der Waals surface area contributed by atoms with Crippen molar-refractivity contribution in [1.29, 1.82) is 0 Å². The van der Waals surface area contributed by atoms with Crippen LogP contribution in [-0.4, -0.2) is 51.6 Å². The lowest BCUT2D eigenvalue weighted by Crippen LogP contribution is -2.46. The molecule has 1 amide bonds. The lowest BCUT2D eigenvalue weighted by molar-refractivity contribution is -0.142. The fourth-order valence-electron chi connectivity index (χ4n) is 3.53. The van der Waals surface area contributed by atoms with E-state index >= 15 is 0 Å². The third kappa shape index (κ3) is 5.12. The van der Waals surface area contributed by atoms with Crippen LogP contribution < -0.4 is 9.46 Å². The van der Waals surface area contributed by atoms with Crippen molar-refractivity contribution in [3.63, 3.8) is 0 Å². The van der Waals surface area contributed by atoms with Crippen LogP contribution in [0.25, 0.3) is 0 Å². The van der Waals surface area contributed by atoms with Crippen LogP contribution in [0, 0.1) is 20.8 Å². The summed E-state index contributed by atoms with van der Waals surface area (Å²) in [6.45, 7) is 9.56. The molecule has 8 heteroatoms. The Balaban J connectivity index is 1.69. The van der Waals surface area contributed by atoms with Gasteiger partial charge in [-0.1, -0.05) is 17.7 Å². The van der Waals surface area contributed by atoms with Gasteiger partial charge in [-0.25, -0.2) is 8.42 Å². The Labute approximate surface area is 178 Å². The van der Waals surface area contributed by atoms with E-state index in [1.165, 1.54) is 12.1 Å². The SMILES string of the molecule is Cc1cc(C)c(NS(=O)(=O)c2ccc(O[C@@H](C)C(=O)N3CCOCC3)cc2)c(C)c1. The summed E-state index contributed by atoms with van der Waals surface area (Å²) in [6, 6.07) is 9.95. The number of amides is 1. The molecule has 0 unspecified atom stereocenters. The normalized spacial score (nSPS) is 15.5. The molecule has 0 bridgehead atoms. The van der Waals surface area contributed by atoms with Crippen LogP contribution in [0.3, 0.4) is 0 Å². The Morgan fingerprint density at radius 3 is 2.20 bits per heavy atom. The van der Waals surface area contributed by atoms with E-state index in [0.29, 0.717) is 37.7 Å². The number of carbonyl (C=O) groups is 1. The van der Waals surface area contributed by atoms with Crippen LogP contribution in [0.4, 0.5) is 5.69 Å². The molecular weight excluding hydrogens is 404 g/mol. The molecule has 0 saturated carbocycles. The summed E-state index contributed by atoms with van der Waals surface area (Å²) in [5.74, 6) is 0.327. The fourth-order valence-corrected chi connectivity index (χ4v) is 4.73. The molecule has 0 aromatic heterocycles. The van der Waals surface area contributed by atoms with Gasteiger partial charge in [-0.05, 0) is 63.1 Å². The zero-order valence-electron chi connectivity index (χ0n) is 17.8. The van der Waals surface area contributed by atoms with Crippen LogP contribution in [0.1, 0.15) is 23.6 Å². The van der Waals surface area contributed by atoms with Gasteiger partial charge in [-0.3, -0.25) is 9.52 Å². The maximum atomic E-state index is 12.8. The maximum absolute atomic E-state index is 12.8. The molecule has 0 radical (unpaired) electrons. The topological polar surface area (TPSA) is 84.9 Å². The number of hydrogen-bond acceptors (Lipinski definition) is 5. The molecule has 0 spiro atoms. The van der Waals surface area contributed by atoms with Crippen molar-refractivity contribution >= 4 is 21.6 Å². The number of nitrogens with one attached hydrogen (secondary N) is 1. The number of nitrogens with zero attached hydrogens (tertiary/aromatic N) is 1. The summed E-state index contributed by atoms with van der Waals surface area (Å²) >= 11 is 0. The molecule has 1 heterocycles. The van der Waals surface area contributed by atoms with Crippen molar-refractivity contribution in [1.82, 2.24) is 4.90 Å². The van der Waals surface area contributed by atoms with Gasteiger partial charge < -0.3 is 14.4 Å². The predicted octanol–water partition coefficient (Wildman–Crippen LogP) is 3.04. The molecule has 1 aliphatic heterocycles. The number of aryl methyl sites for hydroxylation is 3. The van der Waals surface area contributed by atoms with Crippen molar-refractivity contribution < 1.29 is 22.7 Å². The van der Waals surface area contributed by atoms with E-state index in [2.05, 4.69) is 4.72 Å². The molecule has 1 atom stereocenters. The average Bonchev–Trinajstić information content (AvgIpc) is 2.71. The van der Waals surface area contributed by atoms with Crippen LogP contribution in [0.5, 0.6) is 5.75 Å². The van der Waals surface area contributed by atoms with E-state index < -0.39 is 16.1 Å². The quantitative estimate of drug-likeness (QED) is 0.758. The standard InChI is InChI=1S/C22H28N2O5S/c1-15-13-16(2)21(17(3)14-15)23-30(26,27)20-7-5-19(6-8-20)29-18(4)22(25)24-9-11-28-12-10-24/h5-8,13-14,18,23H,9-12H2,1-4H3/t18-/m0/s1. The summed E-state index contributed by atoms with van der Waals surface area (Å²) in [5.41, 5.74) is 3.40. The third-order valence-corrected chi connectivity index (χ3v) is 6.40. The van der Waals surface area contributed by atoms with Crippen molar-refractivity contribution in [2.75, 3.05) is 31.0 Å². The first kappa shape index (κ1) is 22.1. The first-order valence-corrected chi connectivity index (χ1v) is 11.4. The summed E-state index contributed by atoms with van der Waals surface area (Å²) in [4.78, 5) is 14.3. The molecule has 1 fully saturated rings. The molecule has 1 aliphatic rings. The van der Waals surface area contributed by atoms with Crippen molar-refractivity contribution in [3.8, 4) is 5.75 Å². The number of morpholine rings is 1. The smallest absolute Gasteiger partial charge is 0.263 e. The second-order valence-electron chi connectivity index (χ2n) is 7.55. The van der Waals surface area contributed by atoms with Gasteiger partial charge in [0.15, 0.2) is 6.10 Å². The second-order valence-corrected chi connectivity index (χ2v) is 9.23. The molecule has 162 valence electrons. The average molecular weight is 433 g/mol. The van der Waals surface area contributed by atoms with E-state index in [1.54, 1.807) is 24.0 Å². The number of benzene rings is 2. The van der Waals surface area contributed by atoms with Crippen molar-refractivity contribution in [2.45, 2.75) is 38.7 Å². The lowest BCUT2D eigenvalue weighted by Gasteiger charge is -2.29. The van der Waals surface area contributed by atoms with Gasteiger partial charge in [0.25, 0.3) is 15.9 Å². The highest BCUT2D eigenvalue weighted by Gasteiger charge is 2.24. The minimum absolute atomic E-state index is 0.109. The molecule has 2 aromatic carbocycles. The summed E-state index contributed by atoms with van der Waals surface area (Å²) in [6.07, 6.45) is -0.665. The molecule has 1 saturated heterocycles. The fraction of sp³-hybridized carbons (Fsp3) is 0.409. The minimum atomic E-state index is -3.74. The van der Waals surface area contributed by atoms with Gasteiger partial charge in [-0.2, -0.15) is 0 Å². The van der Waals surface area contributed by atoms with Gasteiger partial charge in [-0.15, -0.1) is 0 Å². The Kier molecular flexibility index (Phi) is 6.67. The number of anilines is 1. The highest BCUT2D eigenvalue weighted by molar-refractivity contribution is 7.92. The van der Waals surface area contributed by atoms with Gasteiger partial charge >= 0.3 is 0 Å². The molecule has 30 heavy (non-hydrogen) atoms. The summed E-state index contributed by atoms with van der Waals surface area (Å²) < 4.78 is 39.3. The Morgan fingerprint density at radius 2 is 1.63 bits per heavy atom. The largest absolute Gasteiger partial charge is 0.481 e. The molecule has 7 nitrogen and oxygen atoms in total. The predicted molar refractivity (Wildman–Crippen MR) is 115 cm³/mol. The lowest BCUT2D eigenvalue weighted by atomic mass is 10.1. The van der Waals surface area contributed by atoms with Gasteiger partial charge in [0.05, 0.1) is 23.8 Å². The molecule has 0 aliphatic carbocycles. The summed E-state index contributed by atoms with van der Waals surface area (Å²) in [5, 5.41) is 0. The zero-order chi connectivity index (χ0) is 21.9. The highest BCUT2D eigenvalue weighted by Crippen LogP contribution is 2.26. The number of hydrogen-bond donors (Lipinski definition) is 1. The van der Waals surface area contributed by atoms with E-state index in [-0.39, 0.29) is 10.8 Å². The Hall–Kier alpha value is -2.58. The van der Waals surface area contributed by atoms with E-state index in [0.717, 1.165) is 16.7 Å². The minimum Gasteiger partial charge on any atom is -0.481 e. The molecule has 1 N–H and O–H groups in total. The zero-order valence-corrected chi connectivity index (χ0v) is 18.6. The first-order valence-electron chi connectivity index (χ1n) is 9.91. The third-order valence-electron chi connectivity index (χ3n) is 5.03. The van der Waals surface area contributed by atoms with Gasteiger partial charge in [0.1, 0.15) is 5.75 Å². The number of carbonyl (C=O) groups excluding carboxylic acids is 1. The van der Waals surface area contributed by atoms with Gasteiger partial charge in [0, 0.05) is 13.1 Å². The van der Waals surface area contributed by atoms with Crippen LogP contribution >= 0.6 is 0 Å². The van der Waals surface area contributed by atoms with E-state index in [4.69, 9.17) is 9.47 Å². The second kappa shape index (κ2) is 9.06. The molecule has 2 aromatic rings. The van der Waals surface area contributed by atoms with E-state index in [9.17, 15) is 13.2 Å². The van der Waals surface area contributed by atoms with Crippen molar-refractivity contribution in [2.24, 2.45) is 0 Å². The molecule has 3 rings (SSSR count). The monoisotopic (exact) mass is 432 g/mol. The Morgan fingerprint density at radius 1 is 1.07 bits per heavy atom. The molecular formula is C22H28N2O5S. The van der Waals surface area contributed by atoms with Crippen LogP contribution in [0.2, 0.25) is 0 Å². The number of sulfonamides is 1. The summed E-state index contributed by atoms with van der Waals surface area (Å²) in [7, 11) is -3.74. The van der Waals surface area contributed by atoms with E-state index in [1.807, 2.05) is 32.9 Å². The Bertz CT molecular complexity index is 989. The number of ether oxygens (including phenoxy) is 2. The maximum Gasteiger partial charge on any atom is 0.263 e. The van der Waals surface area contributed by atoms with Gasteiger partial charge in [0.2, 0.25) is 0 Å². The highest BCUT2D eigenvalue weighted by atomic mass is 32.2. The van der Waals surface area contributed by atoms with Crippen LogP contribution in [-0.2, 0) is 19.6 Å². The first-order chi connectivity index (χ1) is 14.2. The van der Waals surface area contributed by atoms with Crippen LogP contribution in [0.15, 0.2) is 41.3 Å². The van der Waals surface area contributed by atoms with Crippen molar-refractivity contribution in [3.05, 3.63) is 53.1 Å². The number of rotatable bonds is 6.